The summed E-state index contributed by atoms with van der Waals surface area (Å²) in [7, 11) is 2.15. The van der Waals surface area contributed by atoms with Crippen molar-refractivity contribution in [1.29, 1.82) is 0 Å². The number of likely N-dealkylation sites (N-methyl/N-ethyl adjacent to an activating group) is 1. The molecule has 0 aliphatic carbocycles. The number of carbonyl (C=O) groups is 2. The average molecular weight is 419 g/mol. The second kappa shape index (κ2) is 10.7. The van der Waals surface area contributed by atoms with E-state index < -0.39 is 0 Å². The van der Waals surface area contributed by atoms with Gasteiger partial charge in [0.25, 0.3) is 11.8 Å². The van der Waals surface area contributed by atoms with E-state index in [1.807, 2.05) is 0 Å². The maximum absolute atomic E-state index is 12.4. The van der Waals surface area contributed by atoms with Crippen LogP contribution in [0.3, 0.4) is 0 Å². The number of ether oxygens (including phenoxy) is 1. The number of anilines is 1. The maximum Gasteiger partial charge on any atom is 0.265 e. The minimum Gasteiger partial charge on any atom is -0.496 e. The average Bonchev–Trinajstić information content (AvgIpc) is 2.73. The number of nitrogens with zero attached hydrogens (tertiary/aromatic N) is 2. The number of amides is 2. The van der Waals surface area contributed by atoms with Crippen LogP contribution in [0.25, 0.3) is 0 Å². The first-order chi connectivity index (χ1) is 14.0. The van der Waals surface area contributed by atoms with E-state index in [4.69, 9.17) is 4.74 Å². The number of piperazine rings is 1. The maximum atomic E-state index is 12.4. The monoisotopic (exact) mass is 418 g/mol. The van der Waals surface area contributed by atoms with E-state index in [1.165, 1.54) is 11.8 Å². The van der Waals surface area contributed by atoms with E-state index in [-0.39, 0.29) is 11.8 Å². The van der Waals surface area contributed by atoms with Crippen molar-refractivity contribution in [3.63, 3.8) is 0 Å². The van der Waals surface area contributed by atoms with Crippen molar-refractivity contribution < 1.29 is 14.3 Å². The highest BCUT2D eigenvalue weighted by Gasteiger charge is 2.19. The zero-order chi connectivity index (χ0) is 20.6. The van der Waals surface area contributed by atoms with Gasteiger partial charge in [-0.3, -0.25) is 9.59 Å². The molecule has 1 aromatic carbocycles. The van der Waals surface area contributed by atoms with Crippen LogP contribution in [0.1, 0.15) is 23.7 Å². The van der Waals surface area contributed by atoms with Crippen LogP contribution < -0.4 is 10.6 Å². The second-order valence-electron chi connectivity index (χ2n) is 7.37. The van der Waals surface area contributed by atoms with Crippen molar-refractivity contribution in [2.75, 3.05) is 64.0 Å². The number of thioether (sulfide) groups is 1. The molecule has 1 aromatic rings. The van der Waals surface area contributed by atoms with Crippen molar-refractivity contribution in [2.45, 2.75) is 13.3 Å². The topological polar surface area (TPSA) is 73.9 Å². The molecule has 0 unspecified atom stereocenters. The van der Waals surface area contributed by atoms with Crippen LogP contribution in [0.15, 0.2) is 34.9 Å². The van der Waals surface area contributed by atoms with E-state index in [1.54, 1.807) is 31.2 Å². The summed E-state index contributed by atoms with van der Waals surface area (Å²) in [5.74, 6) is 1.17. The molecule has 1 saturated heterocycles. The lowest BCUT2D eigenvalue weighted by Gasteiger charge is -2.32. The van der Waals surface area contributed by atoms with Gasteiger partial charge in [0.1, 0.15) is 10.7 Å². The van der Waals surface area contributed by atoms with Gasteiger partial charge in [-0.15, -0.1) is 11.8 Å². The van der Waals surface area contributed by atoms with Crippen LogP contribution in [0.2, 0.25) is 0 Å². The van der Waals surface area contributed by atoms with Crippen molar-refractivity contribution in [3.8, 4) is 0 Å². The normalized spacial score (nSPS) is 18.3. The van der Waals surface area contributed by atoms with Crippen LogP contribution in [0, 0.1) is 0 Å². The molecule has 2 heterocycles. The lowest BCUT2D eigenvalue weighted by Crippen LogP contribution is -2.45. The third-order valence-electron chi connectivity index (χ3n) is 5.11. The summed E-state index contributed by atoms with van der Waals surface area (Å²) in [5, 5.41) is 5.84. The third kappa shape index (κ3) is 6.48. The van der Waals surface area contributed by atoms with Gasteiger partial charge in [-0.25, -0.2) is 0 Å². The predicted octanol–water partition coefficient (Wildman–Crippen LogP) is 1.99. The summed E-state index contributed by atoms with van der Waals surface area (Å²) in [6.07, 6.45) is 0.942. The number of benzene rings is 1. The Balaban J connectivity index is 1.41. The van der Waals surface area contributed by atoms with E-state index >= 15 is 0 Å². The quantitative estimate of drug-likeness (QED) is 0.660. The minimum atomic E-state index is -0.173. The van der Waals surface area contributed by atoms with E-state index in [2.05, 4.69) is 27.5 Å². The van der Waals surface area contributed by atoms with Gasteiger partial charge in [0, 0.05) is 49.7 Å². The molecule has 0 aromatic heterocycles. The molecule has 7 nitrogen and oxygen atoms in total. The highest BCUT2D eigenvalue weighted by molar-refractivity contribution is 8.04. The molecule has 2 N–H and O–H groups in total. The van der Waals surface area contributed by atoms with Crippen molar-refractivity contribution in [3.05, 3.63) is 40.5 Å². The number of hydrogen-bond donors (Lipinski definition) is 2. The first kappa shape index (κ1) is 21.7. The van der Waals surface area contributed by atoms with Crippen LogP contribution in [0.4, 0.5) is 5.69 Å². The Morgan fingerprint density at radius 2 is 1.83 bits per heavy atom. The molecule has 0 spiro atoms. The molecule has 1 fully saturated rings. The van der Waals surface area contributed by atoms with Crippen molar-refractivity contribution in [2.24, 2.45) is 0 Å². The Bertz CT molecular complexity index is 743. The summed E-state index contributed by atoms with van der Waals surface area (Å²) in [4.78, 5) is 30.1. The Hall–Kier alpha value is -2.03. The highest BCUT2D eigenvalue weighted by atomic mass is 32.2. The van der Waals surface area contributed by atoms with Crippen LogP contribution in [0.5, 0.6) is 0 Å². The Labute approximate surface area is 176 Å². The van der Waals surface area contributed by atoms with Gasteiger partial charge in [0.05, 0.1) is 6.61 Å². The molecule has 3 rings (SSSR count). The first-order valence-corrected chi connectivity index (χ1v) is 11.1. The smallest absolute Gasteiger partial charge is 0.265 e. The van der Waals surface area contributed by atoms with Gasteiger partial charge in [0.2, 0.25) is 0 Å². The number of allylic oxidation sites excluding steroid dienone is 1. The Morgan fingerprint density at radius 1 is 1.10 bits per heavy atom. The standard InChI is InChI=1S/C21H30N4O3S/c1-16-19(29-15-14-28-16)21(27)23-18-6-4-17(5-7-18)20(26)22-8-3-9-25-12-10-24(2)11-13-25/h4-7H,3,8-15H2,1-2H3,(H,22,26)(H,23,27). The number of rotatable bonds is 7. The van der Waals surface area contributed by atoms with Gasteiger partial charge < -0.3 is 25.2 Å². The van der Waals surface area contributed by atoms with Crippen LogP contribution >= 0.6 is 11.8 Å². The molecule has 29 heavy (non-hydrogen) atoms. The van der Waals surface area contributed by atoms with Crippen LogP contribution in [-0.2, 0) is 9.53 Å². The van der Waals surface area contributed by atoms with Gasteiger partial charge in [-0.1, -0.05) is 0 Å². The number of nitrogens with one attached hydrogen (secondary N) is 2. The lowest BCUT2D eigenvalue weighted by atomic mass is 10.2. The van der Waals surface area contributed by atoms with E-state index in [0.29, 0.717) is 35.1 Å². The van der Waals surface area contributed by atoms with Gasteiger partial charge in [-0.05, 0) is 51.2 Å². The number of hydrogen-bond acceptors (Lipinski definition) is 6. The fourth-order valence-corrected chi connectivity index (χ4v) is 4.12. The Kier molecular flexibility index (Phi) is 7.97. The molecule has 0 saturated carbocycles. The fourth-order valence-electron chi connectivity index (χ4n) is 3.30. The van der Waals surface area contributed by atoms with E-state index in [9.17, 15) is 9.59 Å². The van der Waals surface area contributed by atoms with Gasteiger partial charge in [0.15, 0.2) is 0 Å². The molecule has 2 aliphatic rings. The summed E-state index contributed by atoms with van der Waals surface area (Å²) in [6.45, 7) is 8.52. The first-order valence-electron chi connectivity index (χ1n) is 10.1. The molecular weight excluding hydrogens is 388 g/mol. The predicted molar refractivity (Wildman–Crippen MR) is 117 cm³/mol. The molecule has 2 aliphatic heterocycles. The largest absolute Gasteiger partial charge is 0.496 e. The highest BCUT2D eigenvalue weighted by Crippen LogP contribution is 2.26. The third-order valence-corrected chi connectivity index (χ3v) is 6.24. The Morgan fingerprint density at radius 3 is 2.52 bits per heavy atom. The second-order valence-corrected chi connectivity index (χ2v) is 8.47. The van der Waals surface area contributed by atoms with Crippen LogP contribution in [-0.4, -0.2) is 80.3 Å². The molecule has 2 amide bonds. The SMILES string of the molecule is CC1=C(C(=O)Nc2ccc(C(=O)NCCCN3CCN(C)CC3)cc2)SCCO1. The van der Waals surface area contributed by atoms with Gasteiger partial charge in [-0.2, -0.15) is 0 Å². The summed E-state index contributed by atoms with van der Waals surface area (Å²) in [6, 6.07) is 6.97. The molecule has 158 valence electrons. The summed E-state index contributed by atoms with van der Waals surface area (Å²) < 4.78 is 5.43. The number of carbonyl (C=O) groups excluding carboxylic acids is 2. The fraction of sp³-hybridized carbons (Fsp3) is 0.524. The lowest BCUT2D eigenvalue weighted by molar-refractivity contribution is -0.112. The van der Waals surface area contributed by atoms with Crippen molar-refractivity contribution >= 4 is 29.3 Å². The van der Waals surface area contributed by atoms with E-state index in [0.717, 1.165) is 44.9 Å². The van der Waals surface area contributed by atoms with Crippen molar-refractivity contribution in [1.82, 2.24) is 15.1 Å². The zero-order valence-electron chi connectivity index (χ0n) is 17.2. The molecule has 0 bridgehead atoms. The zero-order valence-corrected chi connectivity index (χ0v) is 18.0. The summed E-state index contributed by atoms with van der Waals surface area (Å²) >= 11 is 1.50. The summed E-state index contributed by atoms with van der Waals surface area (Å²) in [5.41, 5.74) is 1.25. The minimum absolute atomic E-state index is 0.0870. The molecule has 8 heteroatoms. The molecule has 0 atom stereocenters. The molecule has 0 radical (unpaired) electrons. The molecular formula is C21H30N4O3S. The van der Waals surface area contributed by atoms with Gasteiger partial charge >= 0.3 is 0 Å².